The molecule has 1 atom stereocenters. The van der Waals surface area contributed by atoms with Gasteiger partial charge in [-0.1, -0.05) is 0 Å². The quantitative estimate of drug-likeness (QED) is 0.874. The normalized spacial score (nSPS) is 21.3. The fourth-order valence-corrected chi connectivity index (χ4v) is 2.57. The minimum Gasteiger partial charge on any atom is -0.481 e. The van der Waals surface area contributed by atoms with Crippen molar-refractivity contribution in [3.8, 4) is 0 Å². The van der Waals surface area contributed by atoms with Crippen LogP contribution in [0.1, 0.15) is 24.5 Å². The Morgan fingerprint density at radius 2 is 2.00 bits per heavy atom. The molecule has 1 saturated heterocycles. The van der Waals surface area contributed by atoms with E-state index in [1.54, 1.807) is 6.92 Å². The lowest BCUT2D eigenvalue weighted by Gasteiger charge is -2.21. The number of hydrogen-bond donors (Lipinski definition) is 2. The first-order valence-electron chi connectivity index (χ1n) is 7.00. The number of carbonyl (C=O) groups is 2. The van der Waals surface area contributed by atoms with E-state index < -0.39 is 29.2 Å². The third-order valence-corrected chi connectivity index (χ3v) is 4.06. The van der Waals surface area contributed by atoms with Gasteiger partial charge in [-0.05, 0) is 44.0 Å². The Balaban J connectivity index is 2.07. The molecule has 1 unspecified atom stereocenters. The van der Waals surface area contributed by atoms with E-state index in [1.807, 2.05) is 0 Å². The van der Waals surface area contributed by atoms with E-state index in [1.165, 1.54) is 24.0 Å². The van der Waals surface area contributed by atoms with Crippen LogP contribution in [0.2, 0.25) is 0 Å². The molecule has 1 aliphatic heterocycles. The molecule has 1 aromatic carbocycles. The summed E-state index contributed by atoms with van der Waals surface area (Å²) in [4.78, 5) is 24.6. The summed E-state index contributed by atoms with van der Waals surface area (Å²) in [6.45, 7) is 3.22. The van der Waals surface area contributed by atoms with Crippen molar-refractivity contribution in [2.75, 3.05) is 18.4 Å². The zero-order valence-electron chi connectivity index (χ0n) is 12.7. The maximum absolute atomic E-state index is 12.7. The van der Waals surface area contributed by atoms with Crippen LogP contribution in [-0.4, -0.2) is 35.1 Å². The van der Waals surface area contributed by atoms with E-state index in [0.29, 0.717) is 6.42 Å². The standard InChI is InChI=1S/C15H17F3N2O3/c1-9-7-10(3-4-11(9)15(16,17)18)19-13(23)20-6-5-14(2,8-20)12(21)22/h3-4,7H,5-6,8H2,1-2H3,(H,19,23)(H,21,22). The molecule has 2 rings (SSSR count). The first-order valence-corrected chi connectivity index (χ1v) is 7.00. The Kier molecular flexibility index (Phi) is 4.28. The largest absolute Gasteiger partial charge is 0.481 e. The first kappa shape index (κ1) is 17.1. The summed E-state index contributed by atoms with van der Waals surface area (Å²) in [5.41, 5.74) is -1.50. The molecule has 0 aliphatic carbocycles. The number of anilines is 1. The van der Waals surface area contributed by atoms with Crippen LogP contribution in [0.5, 0.6) is 0 Å². The van der Waals surface area contributed by atoms with Gasteiger partial charge in [-0.2, -0.15) is 13.2 Å². The van der Waals surface area contributed by atoms with Crippen LogP contribution in [0.25, 0.3) is 0 Å². The number of aliphatic carboxylic acids is 1. The van der Waals surface area contributed by atoms with Crippen molar-refractivity contribution in [2.24, 2.45) is 5.41 Å². The van der Waals surface area contributed by atoms with Gasteiger partial charge in [-0.3, -0.25) is 4.79 Å². The Morgan fingerprint density at radius 1 is 1.35 bits per heavy atom. The average Bonchev–Trinajstić information content (AvgIpc) is 2.81. The summed E-state index contributed by atoms with van der Waals surface area (Å²) in [7, 11) is 0. The molecule has 1 heterocycles. The number of carboxylic acids is 1. The van der Waals surface area contributed by atoms with Crippen molar-refractivity contribution < 1.29 is 27.9 Å². The molecule has 1 aliphatic rings. The lowest BCUT2D eigenvalue weighted by molar-refractivity contribution is -0.147. The first-order chi connectivity index (χ1) is 10.5. The molecule has 126 valence electrons. The van der Waals surface area contributed by atoms with Gasteiger partial charge in [0.05, 0.1) is 11.0 Å². The number of carboxylic acid groups (broad SMARTS) is 1. The van der Waals surface area contributed by atoms with Crippen LogP contribution in [0.3, 0.4) is 0 Å². The van der Waals surface area contributed by atoms with Gasteiger partial charge in [0.15, 0.2) is 0 Å². The summed E-state index contributed by atoms with van der Waals surface area (Å²) in [5.74, 6) is -0.974. The molecule has 2 amide bonds. The number of alkyl halides is 3. The Bertz CT molecular complexity index is 645. The van der Waals surface area contributed by atoms with Gasteiger partial charge in [-0.25, -0.2) is 4.79 Å². The fourth-order valence-electron chi connectivity index (χ4n) is 2.57. The van der Waals surface area contributed by atoms with Gasteiger partial charge in [0, 0.05) is 18.8 Å². The van der Waals surface area contributed by atoms with Gasteiger partial charge in [0.1, 0.15) is 0 Å². The number of amides is 2. The number of benzene rings is 1. The van der Waals surface area contributed by atoms with Gasteiger partial charge in [0.25, 0.3) is 0 Å². The van der Waals surface area contributed by atoms with Crippen molar-refractivity contribution >= 4 is 17.7 Å². The molecule has 0 aromatic heterocycles. The summed E-state index contributed by atoms with van der Waals surface area (Å²) < 4.78 is 38.1. The number of likely N-dealkylation sites (tertiary alicyclic amines) is 1. The van der Waals surface area contributed by atoms with Crippen LogP contribution in [0.15, 0.2) is 18.2 Å². The smallest absolute Gasteiger partial charge is 0.416 e. The van der Waals surface area contributed by atoms with Crippen molar-refractivity contribution in [2.45, 2.75) is 26.4 Å². The average molecular weight is 330 g/mol. The maximum Gasteiger partial charge on any atom is 0.416 e. The Morgan fingerprint density at radius 3 is 2.48 bits per heavy atom. The van der Waals surface area contributed by atoms with Gasteiger partial charge < -0.3 is 15.3 Å². The van der Waals surface area contributed by atoms with E-state index in [4.69, 9.17) is 5.11 Å². The molecular weight excluding hydrogens is 313 g/mol. The third-order valence-electron chi connectivity index (χ3n) is 4.06. The number of carbonyl (C=O) groups excluding carboxylic acids is 1. The third kappa shape index (κ3) is 3.57. The van der Waals surface area contributed by atoms with Crippen molar-refractivity contribution in [1.82, 2.24) is 4.90 Å². The predicted octanol–water partition coefficient (Wildman–Crippen LogP) is 3.34. The highest BCUT2D eigenvalue weighted by Crippen LogP contribution is 2.33. The SMILES string of the molecule is Cc1cc(NC(=O)N2CCC(C)(C(=O)O)C2)ccc1C(F)(F)F. The lowest BCUT2D eigenvalue weighted by Crippen LogP contribution is -2.37. The van der Waals surface area contributed by atoms with Gasteiger partial charge in [-0.15, -0.1) is 0 Å². The van der Waals surface area contributed by atoms with E-state index >= 15 is 0 Å². The molecule has 8 heteroatoms. The monoisotopic (exact) mass is 330 g/mol. The minimum absolute atomic E-state index is 0.00657. The molecule has 5 nitrogen and oxygen atoms in total. The zero-order chi connectivity index (χ0) is 17.4. The van der Waals surface area contributed by atoms with Crippen molar-refractivity contribution in [3.63, 3.8) is 0 Å². The molecule has 0 radical (unpaired) electrons. The van der Waals surface area contributed by atoms with E-state index in [0.717, 1.165) is 6.07 Å². The second-order valence-corrected chi connectivity index (χ2v) is 5.99. The highest BCUT2D eigenvalue weighted by molar-refractivity contribution is 5.90. The van der Waals surface area contributed by atoms with Crippen LogP contribution >= 0.6 is 0 Å². The molecular formula is C15H17F3N2O3. The number of rotatable bonds is 2. The predicted molar refractivity (Wildman–Crippen MR) is 77.1 cm³/mol. The summed E-state index contributed by atoms with van der Waals surface area (Å²) in [6, 6.07) is 2.82. The second-order valence-electron chi connectivity index (χ2n) is 5.99. The van der Waals surface area contributed by atoms with Crippen LogP contribution in [0, 0.1) is 12.3 Å². The highest BCUT2D eigenvalue weighted by Gasteiger charge is 2.42. The Hall–Kier alpha value is -2.25. The maximum atomic E-state index is 12.7. The lowest BCUT2D eigenvalue weighted by atomic mass is 9.90. The Labute approximate surface area is 131 Å². The summed E-state index contributed by atoms with van der Waals surface area (Å²) in [6.07, 6.45) is -4.10. The van der Waals surface area contributed by atoms with Crippen LogP contribution in [-0.2, 0) is 11.0 Å². The molecule has 23 heavy (non-hydrogen) atoms. The number of nitrogens with zero attached hydrogens (tertiary/aromatic N) is 1. The van der Waals surface area contributed by atoms with Gasteiger partial charge >= 0.3 is 18.2 Å². The van der Waals surface area contributed by atoms with Gasteiger partial charge in [0.2, 0.25) is 0 Å². The molecule has 0 saturated carbocycles. The number of halogens is 3. The van der Waals surface area contributed by atoms with Crippen molar-refractivity contribution in [1.29, 1.82) is 0 Å². The summed E-state index contributed by atoms with van der Waals surface area (Å²) in [5, 5.41) is 11.6. The van der Waals surface area contributed by atoms with E-state index in [-0.39, 0.29) is 24.3 Å². The number of nitrogens with one attached hydrogen (secondary N) is 1. The molecule has 1 aromatic rings. The highest BCUT2D eigenvalue weighted by atomic mass is 19.4. The minimum atomic E-state index is -4.44. The topological polar surface area (TPSA) is 69.6 Å². The number of hydrogen-bond acceptors (Lipinski definition) is 2. The molecule has 0 spiro atoms. The number of urea groups is 1. The molecule has 1 fully saturated rings. The van der Waals surface area contributed by atoms with E-state index in [2.05, 4.69) is 5.32 Å². The number of aryl methyl sites for hydroxylation is 1. The molecule has 0 bridgehead atoms. The zero-order valence-corrected chi connectivity index (χ0v) is 12.7. The van der Waals surface area contributed by atoms with Crippen molar-refractivity contribution in [3.05, 3.63) is 29.3 Å². The van der Waals surface area contributed by atoms with Crippen LogP contribution in [0.4, 0.5) is 23.7 Å². The van der Waals surface area contributed by atoms with E-state index in [9.17, 15) is 22.8 Å². The van der Waals surface area contributed by atoms with Crippen LogP contribution < -0.4 is 5.32 Å². The fraction of sp³-hybridized carbons (Fsp3) is 0.467. The summed E-state index contributed by atoms with van der Waals surface area (Å²) >= 11 is 0. The second kappa shape index (κ2) is 5.75. The molecule has 2 N–H and O–H groups in total.